The second-order valence-corrected chi connectivity index (χ2v) is 9.47. The van der Waals surface area contributed by atoms with Crippen molar-refractivity contribution in [1.82, 2.24) is 9.80 Å². The van der Waals surface area contributed by atoms with Crippen LogP contribution in [0.25, 0.3) is 0 Å². The molecule has 0 saturated carbocycles. The van der Waals surface area contributed by atoms with Crippen LogP contribution in [0.2, 0.25) is 0 Å². The smallest absolute Gasteiger partial charge is 0.0892 e. The molecule has 0 radical (unpaired) electrons. The van der Waals surface area contributed by atoms with Crippen molar-refractivity contribution in [3.05, 3.63) is 71.8 Å². The summed E-state index contributed by atoms with van der Waals surface area (Å²) < 4.78 is 0. The monoisotopic (exact) mass is 420 g/mol. The fourth-order valence-corrected chi connectivity index (χ4v) is 5.07. The Hall–Kier alpha value is -1.64. The maximum absolute atomic E-state index is 2.73. The molecule has 1 heterocycles. The molecule has 0 amide bonds. The lowest BCUT2D eigenvalue weighted by atomic mass is 10.1. The molecule has 1 saturated heterocycles. The predicted octanol–water partition coefficient (Wildman–Crippen LogP) is 7.81. The molecule has 1 fully saturated rings. The van der Waals surface area contributed by atoms with Crippen LogP contribution < -0.4 is 0 Å². The minimum Gasteiger partial charge on any atom is -0.283 e. The van der Waals surface area contributed by atoms with Gasteiger partial charge in [0.25, 0.3) is 0 Å². The molecule has 2 aromatic rings. The van der Waals surface area contributed by atoms with Gasteiger partial charge >= 0.3 is 0 Å². The van der Waals surface area contributed by atoms with Crippen LogP contribution in [0.4, 0.5) is 0 Å². The van der Waals surface area contributed by atoms with Gasteiger partial charge < -0.3 is 0 Å². The zero-order chi connectivity index (χ0) is 21.7. The summed E-state index contributed by atoms with van der Waals surface area (Å²) in [6.45, 7) is 8.10. The summed E-state index contributed by atoms with van der Waals surface area (Å²) in [6, 6.07) is 22.7. The first-order valence-corrected chi connectivity index (χ1v) is 12.9. The summed E-state index contributed by atoms with van der Waals surface area (Å²) in [5.41, 5.74) is 2.85. The number of hydrogen-bond acceptors (Lipinski definition) is 2. The van der Waals surface area contributed by atoms with Crippen molar-refractivity contribution in [2.24, 2.45) is 0 Å². The maximum Gasteiger partial charge on any atom is 0.0892 e. The minimum atomic E-state index is 0.398. The predicted molar refractivity (Wildman–Crippen MR) is 134 cm³/mol. The zero-order valence-electron chi connectivity index (χ0n) is 20.0. The van der Waals surface area contributed by atoms with Gasteiger partial charge in [-0.1, -0.05) is 125 Å². The SMILES string of the molecule is CCCCCCCCCCCCN1CC(C)N(Cc2ccccc2)C1c1ccccc1. The van der Waals surface area contributed by atoms with E-state index < -0.39 is 0 Å². The van der Waals surface area contributed by atoms with Crippen LogP contribution in [0.5, 0.6) is 0 Å². The third-order valence-electron chi connectivity index (χ3n) is 6.83. The summed E-state index contributed by atoms with van der Waals surface area (Å²) >= 11 is 0. The third kappa shape index (κ3) is 7.77. The third-order valence-corrected chi connectivity index (χ3v) is 6.83. The highest BCUT2D eigenvalue weighted by atomic mass is 15.4. The summed E-state index contributed by atoms with van der Waals surface area (Å²) in [5.74, 6) is 0. The Morgan fingerprint density at radius 3 is 1.87 bits per heavy atom. The Morgan fingerprint density at radius 1 is 0.710 bits per heavy atom. The highest BCUT2D eigenvalue weighted by Crippen LogP contribution is 2.35. The number of benzene rings is 2. The normalized spacial score (nSPS) is 19.8. The van der Waals surface area contributed by atoms with E-state index in [-0.39, 0.29) is 0 Å². The van der Waals surface area contributed by atoms with Crippen LogP contribution in [-0.2, 0) is 6.54 Å². The molecule has 3 rings (SSSR count). The number of unbranched alkanes of at least 4 members (excludes halogenated alkanes) is 9. The van der Waals surface area contributed by atoms with Crippen molar-refractivity contribution in [2.45, 2.75) is 96.8 Å². The topological polar surface area (TPSA) is 6.48 Å². The van der Waals surface area contributed by atoms with E-state index >= 15 is 0 Å². The number of rotatable bonds is 14. The van der Waals surface area contributed by atoms with Crippen LogP contribution in [0.1, 0.15) is 95.3 Å². The molecule has 31 heavy (non-hydrogen) atoms. The lowest BCUT2D eigenvalue weighted by Crippen LogP contribution is -2.33. The maximum atomic E-state index is 2.73. The van der Waals surface area contributed by atoms with E-state index in [9.17, 15) is 0 Å². The second-order valence-electron chi connectivity index (χ2n) is 9.47. The zero-order valence-corrected chi connectivity index (χ0v) is 20.0. The molecule has 0 spiro atoms. The van der Waals surface area contributed by atoms with Crippen molar-refractivity contribution in [1.29, 1.82) is 0 Å². The van der Waals surface area contributed by atoms with E-state index in [2.05, 4.69) is 84.3 Å². The van der Waals surface area contributed by atoms with Crippen molar-refractivity contribution >= 4 is 0 Å². The average Bonchev–Trinajstić information content (AvgIpc) is 3.11. The molecule has 1 aliphatic heterocycles. The quantitative estimate of drug-likeness (QED) is 0.287. The Kier molecular flexibility index (Phi) is 10.6. The van der Waals surface area contributed by atoms with Gasteiger partial charge in [0.05, 0.1) is 6.17 Å². The van der Waals surface area contributed by atoms with Crippen LogP contribution in [-0.4, -0.2) is 28.9 Å². The Balaban J connectivity index is 1.48. The lowest BCUT2D eigenvalue weighted by Gasteiger charge is -2.32. The van der Waals surface area contributed by atoms with Crippen LogP contribution in [0.3, 0.4) is 0 Å². The van der Waals surface area contributed by atoms with E-state index in [4.69, 9.17) is 0 Å². The minimum absolute atomic E-state index is 0.398. The molecule has 0 aromatic heterocycles. The standard InChI is InChI=1S/C29H44N2/c1-3-4-5-6-7-8-9-10-11-18-23-30-24-26(2)31(25-27-19-14-12-15-20-27)29(30)28-21-16-13-17-22-28/h12-17,19-22,26,29H,3-11,18,23-25H2,1-2H3. The fourth-order valence-electron chi connectivity index (χ4n) is 5.07. The lowest BCUT2D eigenvalue weighted by molar-refractivity contribution is 0.116. The summed E-state index contributed by atoms with van der Waals surface area (Å²) in [5, 5.41) is 0. The molecule has 0 aliphatic carbocycles. The summed E-state index contributed by atoms with van der Waals surface area (Å²) in [6.07, 6.45) is 14.4. The van der Waals surface area contributed by atoms with Crippen LogP contribution in [0, 0.1) is 0 Å². The number of nitrogens with zero attached hydrogens (tertiary/aromatic N) is 2. The second kappa shape index (κ2) is 13.7. The van der Waals surface area contributed by atoms with E-state index in [0.29, 0.717) is 12.2 Å². The van der Waals surface area contributed by atoms with Crippen molar-refractivity contribution in [2.75, 3.05) is 13.1 Å². The van der Waals surface area contributed by atoms with Gasteiger partial charge in [0.2, 0.25) is 0 Å². The molecular weight excluding hydrogens is 376 g/mol. The fraction of sp³-hybridized carbons (Fsp3) is 0.586. The Bertz CT molecular complexity index is 699. The van der Waals surface area contributed by atoms with E-state index in [1.165, 1.54) is 88.4 Å². The molecule has 0 bridgehead atoms. The largest absolute Gasteiger partial charge is 0.283 e. The van der Waals surface area contributed by atoms with Gasteiger partial charge in [-0.25, -0.2) is 0 Å². The van der Waals surface area contributed by atoms with Gasteiger partial charge in [0, 0.05) is 25.7 Å². The van der Waals surface area contributed by atoms with E-state index in [1.807, 2.05) is 0 Å². The van der Waals surface area contributed by atoms with Crippen molar-refractivity contribution in [3.63, 3.8) is 0 Å². The van der Waals surface area contributed by atoms with Crippen LogP contribution in [0.15, 0.2) is 60.7 Å². The molecule has 2 atom stereocenters. The molecule has 0 N–H and O–H groups in total. The Morgan fingerprint density at radius 2 is 1.26 bits per heavy atom. The van der Waals surface area contributed by atoms with Gasteiger partial charge in [0.15, 0.2) is 0 Å². The highest BCUT2D eigenvalue weighted by Gasteiger charge is 2.37. The average molecular weight is 421 g/mol. The highest BCUT2D eigenvalue weighted by molar-refractivity contribution is 5.22. The molecule has 1 aliphatic rings. The summed E-state index contributed by atoms with van der Waals surface area (Å²) in [7, 11) is 0. The van der Waals surface area contributed by atoms with E-state index in [1.54, 1.807) is 0 Å². The first-order valence-electron chi connectivity index (χ1n) is 12.9. The van der Waals surface area contributed by atoms with Gasteiger partial charge in [-0.05, 0) is 24.5 Å². The van der Waals surface area contributed by atoms with Gasteiger partial charge in [0.1, 0.15) is 0 Å². The van der Waals surface area contributed by atoms with Gasteiger partial charge in [-0.15, -0.1) is 0 Å². The number of hydrogen-bond donors (Lipinski definition) is 0. The van der Waals surface area contributed by atoms with Crippen molar-refractivity contribution < 1.29 is 0 Å². The first-order chi connectivity index (χ1) is 15.3. The molecule has 170 valence electrons. The molecular formula is C29H44N2. The molecule has 2 nitrogen and oxygen atoms in total. The van der Waals surface area contributed by atoms with Gasteiger partial charge in [-0.2, -0.15) is 0 Å². The van der Waals surface area contributed by atoms with Gasteiger partial charge in [-0.3, -0.25) is 9.80 Å². The Labute approximate surface area is 191 Å². The molecule has 2 heteroatoms. The van der Waals surface area contributed by atoms with Crippen LogP contribution >= 0.6 is 0 Å². The summed E-state index contributed by atoms with van der Waals surface area (Å²) in [4.78, 5) is 5.43. The van der Waals surface area contributed by atoms with Crippen molar-refractivity contribution in [3.8, 4) is 0 Å². The van der Waals surface area contributed by atoms with E-state index in [0.717, 1.165) is 6.54 Å². The molecule has 2 aromatic carbocycles. The first kappa shape index (κ1) is 24.0. The molecule has 2 unspecified atom stereocenters.